The van der Waals surface area contributed by atoms with Crippen molar-refractivity contribution in [1.29, 1.82) is 0 Å². The molecule has 1 heterocycles. The van der Waals surface area contributed by atoms with E-state index in [0.29, 0.717) is 6.10 Å². The number of hydrogen-bond acceptors (Lipinski definition) is 3. The number of hydrogen-bond donors (Lipinski definition) is 2. The fraction of sp³-hybridized carbons (Fsp3) is 1.00. The molecule has 0 bridgehead atoms. The van der Waals surface area contributed by atoms with Gasteiger partial charge >= 0.3 is 0 Å². The van der Waals surface area contributed by atoms with Crippen LogP contribution in [0.3, 0.4) is 0 Å². The summed E-state index contributed by atoms with van der Waals surface area (Å²) in [4.78, 5) is 0. The van der Waals surface area contributed by atoms with Crippen molar-refractivity contribution in [3.05, 3.63) is 0 Å². The Morgan fingerprint density at radius 1 is 1.27 bits per heavy atom. The standard InChI is InChI=1S/C8H16N2O/c9-7-4-10-5-8(7)11-6-2-1-3-6/h6-8,10H,1-5,9H2. The molecule has 0 spiro atoms. The highest BCUT2D eigenvalue weighted by Gasteiger charge is 2.29. The van der Waals surface area contributed by atoms with Gasteiger partial charge in [-0.05, 0) is 19.3 Å². The van der Waals surface area contributed by atoms with Crippen LogP contribution in [0, 0.1) is 0 Å². The Hall–Kier alpha value is -0.120. The average Bonchev–Trinajstić information content (AvgIpc) is 2.27. The van der Waals surface area contributed by atoms with Crippen LogP contribution in [0.15, 0.2) is 0 Å². The Labute approximate surface area is 67.3 Å². The van der Waals surface area contributed by atoms with E-state index in [9.17, 15) is 0 Å². The second-order valence-electron chi connectivity index (χ2n) is 3.55. The molecule has 2 atom stereocenters. The van der Waals surface area contributed by atoms with Crippen LogP contribution < -0.4 is 11.1 Å². The van der Waals surface area contributed by atoms with Gasteiger partial charge in [-0.15, -0.1) is 0 Å². The van der Waals surface area contributed by atoms with E-state index in [1.807, 2.05) is 0 Å². The predicted octanol–water partition coefficient (Wildman–Crippen LogP) is -0.145. The summed E-state index contributed by atoms with van der Waals surface area (Å²) in [6.45, 7) is 1.86. The van der Waals surface area contributed by atoms with Gasteiger partial charge in [-0.25, -0.2) is 0 Å². The maximum absolute atomic E-state index is 5.82. The van der Waals surface area contributed by atoms with Gasteiger partial charge in [0, 0.05) is 19.1 Å². The number of nitrogens with one attached hydrogen (secondary N) is 1. The monoisotopic (exact) mass is 156 g/mol. The molecule has 1 aliphatic heterocycles. The van der Waals surface area contributed by atoms with E-state index in [0.717, 1.165) is 13.1 Å². The number of nitrogens with two attached hydrogens (primary N) is 1. The second-order valence-corrected chi connectivity index (χ2v) is 3.55. The van der Waals surface area contributed by atoms with Crippen LogP contribution in [-0.4, -0.2) is 31.3 Å². The first kappa shape index (κ1) is 7.53. The van der Waals surface area contributed by atoms with Crippen molar-refractivity contribution in [2.75, 3.05) is 13.1 Å². The summed E-state index contributed by atoms with van der Waals surface area (Å²) in [7, 11) is 0. The van der Waals surface area contributed by atoms with Gasteiger partial charge in [0.05, 0.1) is 12.2 Å². The molecule has 11 heavy (non-hydrogen) atoms. The largest absolute Gasteiger partial charge is 0.372 e. The third-order valence-electron chi connectivity index (χ3n) is 2.62. The van der Waals surface area contributed by atoms with Gasteiger partial charge in [-0.1, -0.05) is 0 Å². The Balaban J connectivity index is 1.75. The average molecular weight is 156 g/mol. The highest BCUT2D eigenvalue weighted by atomic mass is 16.5. The topological polar surface area (TPSA) is 47.3 Å². The SMILES string of the molecule is NC1CNCC1OC1CCC1. The van der Waals surface area contributed by atoms with Crippen molar-refractivity contribution in [1.82, 2.24) is 5.32 Å². The van der Waals surface area contributed by atoms with E-state index < -0.39 is 0 Å². The molecule has 3 heteroatoms. The summed E-state index contributed by atoms with van der Waals surface area (Å²) in [6, 6.07) is 0.218. The van der Waals surface area contributed by atoms with E-state index in [2.05, 4.69) is 5.32 Å². The fourth-order valence-electron chi connectivity index (χ4n) is 1.58. The molecule has 0 aromatic carbocycles. The highest BCUT2D eigenvalue weighted by molar-refractivity contribution is 4.86. The predicted molar refractivity (Wildman–Crippen MR) is 43.4 cm³/mol. The van der Waals surface area contributed by atoms with E-state index in [1.54, 1.807) is 0 Å². The molecule has 64 valence electrons. The van der Waals surface area contributed by atoms with Crippen LogP contribution in [0.2, 0.25) is 0 Å². The molecule has 1 aliphatic carbocycles. The van der Waals surface area contributed by atoms with Gasteiger partial charge < -0.3 is 15.8 Å². The van der Waals surface area contributed by atoms with Crippen LogP contribution in [0.1, 0.15) is 19.3 Å². The minimum absolute atomic E-state index is 0.218. The molecule has 2 fully saturated rings. The van der Waals surface area contributed by atoms with E-state index in [4.69, 9.17) is 10.5 Å². The van der Waals surface area contributed by atoms with Crippen LogP contribution in [0.25, 0.3) is 0 Å². The first-order valence-electron chi connectivity index (χ1n) is 4.48. The smallest absolute Gasteiger partial charge is 0.0866 e. The summed E-state index contributed by atoms with van der Waals surface area (Å²) >= 11 is 0. The van der Waals surface area contributed by atoms with E-state index in [-0.39, 0.29) is 12.1 Å². The van der Waals surface area contributed by atoms with Crippen LogP contribution in [0.5, 0.6) is 0 Å². The van der Waals surface area contributed by atoms with Gasteiger partial charge in [-0.2, -0.15) is 0 Å². The summed E-state index contributed by atoms with van der Waals surface area (Å²) in [6.07, 6.45) is 4.61. The third-order valence-corrected chi connectivity index (χ3v) is 2.62. The van der Waals surface area contributed by atoms with Gasteiger partial charge in [0.15, 0.2) is 0 Å². The minimum atomic E-state index is 0.218. The molecule has 0 aromatic heterocycles. The Morgan fingerprint density at radius 3 is 2.55 bits per heavy atom. The minimum Gasteiger partial charge on any atom is -0.372 e. The lowest BCUT2D eigenvalue weighted by molar-refractivity contribution is -0.0475. The molecule has 1 saturated heterocycles. The van der Waals surface area contributed by atoms with Crippen molar-refractivity contribution in [3.63, 3.8) is 0 Å². The van der Waals surface area contributed by atoms with E-state index in [1.165, 1.54) is 19.3 Å². The van der Waals surface area contributed by atoms with Crippen molar-refractivity contribution in [3.8, 4) is 0 Å². The Morgan fingerprint density at radius 2 is 2.09 bits per heavy atom. The number of ether oxygens (including phenoxy) is 1. The molecule has 0 aromatic rings. The molecule has 0 amide bonds. The summed E-state index contributed by atoms with van der Waals surface area (Å²) < 4.78 is 5.77. The zero-order valence-corrected chi connectivity index (χ0v) is 6.75. The van der Waals surface area contributed by atoms with Gasteiger partial charge in [0.25, 0.3) is 0 Å². The lowest BCUT2D eigenvalue weighted by Crippen LogP contribution is -2.39. The molecule has 1 saturated carbocycles. The molecular weight excluding hydrogens is 140 g/mol. The summed E-state index contributed by atoms with van der Waals surface area (Å²) in [5.41, 5.74) is 5.82. The van der Waals surface area contributed by atoms with Crippen LogP contribution in [0.4, 0.5) is 0 Å². The van der Waals surface area contributed by atoms with Crippen molar-refractivity contribution in [2.24, 2.45) is 5.73 Å². The summed E-state index contributed by atoms with van der Waals surface area (Å²) in [5.74, 6) is 0. The van der Waals surface area contributed by atoms with E-state index >= 15 is 0 Å². The van der Waals surface area contributed by atoms with Crippen molar-refractivity contribution in [2.45, 2.75) is 37.5 Å². The van der Waals surface area contributed by atoms with Gasteiger partial charge in [0.1, 0.15) is 0 Å². The first-order valence-corrected chi connectivity index (χ1v) is 4.48. The van der Waals surface area contributed by atoms with Gasteiger partial charge in [0.2, 0.25) is 0 Å². The number of rotatable bonds is 2. The molecule has 0 radical (unpaired) electrons. The third kappa shape index (κ3) is 1.55. The lowest BCUT2D eigenvalue weighted by Gasteiger charge is -2.29. The lowest BCUT2D eigenvalue weighted by atomic mass is 9.96. The second kappa shape index (κ2) is 3.09. The molecule has 2 aliphatic rings. The summed E-state index contributed by atoms with van der Waals surface area (Å²) in [5, 5.41) is 3.23. The fourth-order valence-corrected chi connectivity index (χ4v) is 1.58. The molecular formula is C8H16N2O. The quantitative estimate of drug-likeness (QED) is 0.584. The maximum atomic E-state index is 5.82. The normalized spacial score (nSPS) is 39.0. The molecule has 2 rings (SSSR count). The Kier molecular flexibility index (Phi) is 2.11. The van der Waals surface area contributed by atoms with Crippen molar-refractivity contribution < 1.29 is 4.74 Å². The molecule has 3 nitrogen and oxygen atoms in total. The van der Waals surface area contributed by atoms with Crippen LogP contribution >= 0.6 is 0 Å². The zero-order valence-electron chi connectivity index (χ0n) is 6.75. The molecule has 2 unspecified atom stereocenters. The zero-order chi connectivity index (χ0) is 7.68. The van der Waals surface area contributed by atoms with Crippen LogP contribution in [-0.2, 0) is 4.74 Å². The van der Waals surface area contributed by atoms with Crippen molar-refractivity contribution >= 4 is 0 Å². The highest BCUT2D eigenvalue weighted by Crippen LogP contribution is 2.24. The molecule has 3 N–H and O–H groups in total. The Bertz CT molecular complexity index is 136. The first-order chi connectivity index (χ1) is 5.36. The maximum Gasteiger partial charge on any atom is 0.0866 e. The van der Waals surface area contributed by atoms with Gasteiger partial charge in [-0.3, -0.25) is 0 Å².